The number of urea groups is 1. The Balaban J connectivity index is 2.22. The first-order chi connectivity index (χ1) is 10.6. The molecule has 7 heteroatoms. The molecule has 0 atom stereocenters. The van der Waals surface area contributed by atoms with Gasteiger partial charge in [-0.1, -0.05) is 19.1 Å². The van der Waals surface area contributed by atoms with Crippen LogP contribution in [0.1, 0.15) is 23.7 Å². The molecule has 0 radical (unpaired) electrons. The molecule has 0 bridgehead atoms. The summed E-state index contributed by atoms with van der Waals surface area (Å²) in [4.78, 5) is 19.7. The monoisotopic (exact) mass is 301 g/mol. The highest BCUT2D eigenvalue weighted by Gasteiger charge is 2.11. The van der Waals surface area contributed by atoms with Gasteiger partial charge in [-0.2, -0.15) is 0 Å². The number of amides is 2. The van der Waals surface area contributed by atoms with Crippen LogP contribution in [0.3, 0.4) is 0 Å². The first-order valence-electron chi connectivity index (χ1n) is 6.93. The van der Waals surface area contributed by atoms with Gasteiger partial charge in [-0.05, 0) is 25.0 Å². The Bertz CT molecular complexity index is 660. The third-order valence-corrected chi connectivity index (χ3v) is 3.13. The Morgan fingerprint density at radius 1 is 1.36 bits per heavy atom. The van der Waals surface area contributed by atoms with E-state index in [-0.39, 0.29) is 6.61 Å². The highest BCUT2D eigenvalue weighted by atomic mass is 16.5. The first kappa shape index (κ1) is 15.7. The molecule has 0 fully saturated rings. The number of carbonyl (C=O) groups excluding carboxylic acids is 1. The van der Waals surface area contributed by atoms with E-state index in [2.05, 4.69) is 15.3 Å². The average molecular weight is 301 g/mol. The van der Waals surface area contributed by atoms with Gasteiger partial charge in [0.25, 0.3) is 0 Å². The zero-order valence-electron chi connectivity index (χ0n) is 12.6. The number of aryl methyl sites for hydroxylation is 2. The lowest BCUT2D eigenvalue weighted by molar-refractivity contribution is 0.252. The topological polar surface area (TPSA) is 102 Å². The largest absolute Gasteiger partial charge is 0.472 e. The van der Waals surface area contributed by atoms with Gasteiger partial charge in [0.2, 0.25) is 5.88 Å². The van der Waals surface area contributed by atoms with Crippen LogP contribution < -0.4 is 21.3 Å². The summed E-state index contributed by atoms with van der Waals surface area (Å²) in [5, 5.41) is 2.69. The van der Waals surface area contributed by atoms with E-state index in [0.717, 1.165) is 23.2 Å². The zero-order chi connectivity index (χ0) is 15.9. The molecule has 2 amide bonds. The van der Waals surface area contributed by atoms with E-state index >= 15 is 0 Å². The van der Waals surface area contributed by atoms with Gasteiger partial charge in [0, 0.05) is 17.4 Å². The second-order valence-corrected chi connectivity index (χ2v) is 4.68. The molecule has 22 heavy (non-hydrogen) atoms. The molecule has 7 nitrogen and oxygen atoms in total. The van der Waals surface area contributed by atoms with Crippen molar-refractivity contribution < 1.29 is 9.53 Å². The van der Waals surface area contributed by atoms with Crippen molar-refractivity contribution in [3.63, 3.8) is 0 Å². The fraction of sp³-hybridized carbons (Fsp3) is 0.267. The van der Waals surface area contributed by atoms with Crippen molar-refractivity contribution in [2.24, 2.45) is 5.84 Å². The quantitative estimate of drug-likeness (QED) is 0.445. The number of hydrogen-bond donors (Lipinski definition) is 3. The summed E-state index contributed by atoms with van der Waals surface area (Å²) >= 11 is 0. The number of nitrogens with one attached hydrogen (secondary N) is 2. The molecule has 1 aromatic heterocycles. The van der Waals surface area contributed by atoms with Crippen LogP contribution in [0.4, 0.5) is 10.5 Å². The number of aromatic nitrogens is 2. The molecule has 0 aliphatic carbocycles. The molecule has 1 aromatic carbocycles. The lowest BCUT2D eigenvalue weighted by Gasteiger charge is -2.15. The SMILES string of the molecule is CCc1cccc(NC(=O)NN)c1COc1cncc(C)n1. The minimum Gasteiger partial charge on any atom is -0.472 e. The number of hydrazine groups is 1. The van der Waals surface area contributed by atoms with Crippen LogP contribution in [0.5, 0.6) is 5.88 Å². The fourth-order valence-corrected chi connectivity index (χ4v) is 2.07. The van der Waals surface area contributed by atoms with Crippen molar-refractivity contribution in [2.45, 2.75) is 26.9 Å². The second-order valence-electron chi connectivity index (χ2n) is 4.68. The minimum atomic E-state index is -0.482. The van der Waals surface area contributed by atoms with Gasteiger partial charge in [-0.25, -0.2) is 15.6 Å². The Hall–Kier alpha value is -2.67. The minimum absolute atomic E-state index is 0.280. The zero-order valence-corrected chi connectivity index (χ0v) is 12.6. The van der Waals surface area contributed by atoms with Crippen LogP contribution in [-0.2, 0) is 13.0 Å². The van der Waals surface area contributed by atoms with Crippen molar-refractivity contribution in [3.05, 3.63) is 47.4 Å². The molecule has 4 N–H and O–H groups in total. The molecule has 116 valence electrons. The lowest BCUT2D eigenvalue weighted by Crippen LogP contribution is -2.34. The van der Waals surface area contributed by atoms with Gasteiger partial charge in [0.1, 0.15) is 6.61 Å². The number of rotatable bonds is 5. The number of benzene rings is 1. The molecule has 0 aliphatic rings. The fourth-order valence-electron chi connectivity index (χ4n) is 2.07. The van der Waals surface area contributed by atoms with Gasteiger partial charge in [0.15, 0.2) is 0 Å². The lowest BCUT2D eigenvalue weighted by atomic mass is 10.0. The number of hydrogen-bond acceptors (Lipinski definition) is 5. The summed E-state index contributed by atoms with van der Waals surface area (Å²) in [6.07, 6.45) is 4.03. The normalized spacial score (nSPS) is 10.1. The summed E-state index contributed by atoms with van der Waals surface area (Å²) in [5.74, 6) is 5.56. The van der Waals surface area contributed by atoms with E-state index < -0.39 is 6.03 Å². The van der Waals surface area contributed by atoms with Gasteiger partial charge < -0.3 is 10.1 Å². The van der Waals surface area contributed by atoms with E-state index in [9.17, 15) is 4.79 Å². The van der Waals surface area contributed by atoms with Gasteiger partial charge in [-0.15, -0.1) is 0 Å². The van der Waals surface area contributed by atoms with Crippen LogP contribution in [0.25, 0.3) is 0 Å². The number of nitrogens with two attached hydrogens (primary N) is 1. The molecular weight excluding hydrogens is 282 g/mol. The highest BCUT2D eigenvalue weighted by molar-refractivity contribution is 5.89. The summed E-state index contributed by atoms with van der Waals surface area (Å²) < 4.78 is 5.69. The first-order valence-corrected chi connectivity index (χ1v) is 6.93. The third kappa shape index (κ3) is 3.92. The van der Waals surface area contributed by atoms with Crippen LogP contribution in [-0.4, -0.2) is 16.0 Å². The predicted molar refractivity (Wildman–Crippen MR) is 83.3 cm³/mol. The Morgan fingerprint density at radius 3 is 2.86 bits per heavy atom. The number of anilines is 1. The van der Waals surface area contributed by atoms with Gasteiger partial charge in [-0.3, -0.25) is 10.4 Å². The predicted octanol–water partition coefficient (Wildman–Crippen LogP) is 1.92. The Morgan fingerprint density at radius 2 is 2.18 bits per heavy atom. The van der Waals surface area contributed by atoms with Crippen molar-refractivity contribution in [3.8, 4) is 5.88 Å². The second kappa shape index (κ2) is 7.37. The molecule has 2 rings (SSSR count). The Labute approximate surface area is 128 Å². The summed E-state index contributed by atoms with van der Waals surface area (Å²) in [5.41, 5.74) is 5.45. The highest BCUT2D eigenvalue weighted by Crippen LogP contribution is 2.22. The molecular formula is C15H19N5O2. The van der Waals surface area contributed by atoms with E-state index in [4.69, 9.17) is 10.6 Å². The molecule has 0 spiro atoms. The van der Waals surface area contributed by atoms with Crippen molar-refractivity contribution in [1.82, 2.24) is 15.4 Å². The van der Waals surface area contributed by atoms with Crippen LogP contribution >= 0.6 is 0 Å². The smallest absolute Gasteiger partial charge is 0.333 e. The molecule has 0 saturated carbocycles. The van der Waals surface area contributed by atoms with Crippen molar-refractivity contribution >= 4 is 11.7 Å². The van der Waals surface area contributed by atoms with Gasteiger partial charge in [0.05, 0.1) is 11.9 Å². The van der Waals surface area contributed by atoms with Gasteiger partial charge >= 0.3 is 6.03 Å². The molecule has 2 aromatic rings. The molecule has 0 aliphatic heterocycles. The van der Waals surface area contributed by atoms with Crippen LogP contribution in [0.15, 0.2) is 30.6 Å². The maximum Gasteiger partial charge on any atom is 0.333 e. The third-order valence-electron chi connectivity index (χ3n) is 3.13. The summed E-state index contributed by atoms with van der Waals surface area (Å²) in [6, 6.07) is 5.19. The van der Waals surface area contributed by atoms with Crippen molar-refractivity contribution in [2.75, 3.05) is 5.32 Å². The number of carbonyl (C=O) groups is 1. The van der Waals surface area contributed by atoms with Crippen LogP contribution in [0.2, 0.25) is 0 Å². The standard InChI is InChI=1S/C15H19N5O2/c1-3-11-5-4-6-13(19-15(21)20-16)12(11)9-22-14-8-17-7-10(2)18-14/h4-8H,3,9,16H2,1-2H3,(H2,19,20,21). The van der Waals surface area contributed by atoms with E-state index in [1.54, 1.807) is 18.5 Å². The molecule has 0 saturated heterocycles. The van der Waals surface area contributed by atoms with E-state index in [1.807, 2.05) is 31.4 Å². The summed E-state index contributed by atoms with van der Waals surface area (Å²) in [6.45, 7) is 4.17. The average Bonchev–Trinajstić information content (AvgIpc) is 2.53. The van der Waals surface area contributed by atoms with Crippen molar-refractivity contribution in [1.29, 1.82) is 0 Å². The summed E-state index contributed by atoms with van der Waals surface area (Å²) in [7, 11) is 0. The maximum atomic E-state index is 11.4. The number of nitrogens with zero attached hydrogens (tertiary/aromatic N) is 2. The van der Waals surface area contributed by atoms with E-state index in [0.29, 0.717) is 11.6 Å². The van der Waals surface area contributed by atoms with E-state index in [1.165, 1.54) is 0 Å². The number of ether oxygens (including phenoxy) is 1. The maximum absolute atomic E-state index is 11.4. The molecule has 1 heterocycles. The van der Waals surface area contributed by atoms with Crippen LogP contribution in [0, 0.1) is 6.92 Å². The molecule has 0 unspecified atom stereocenters. The Kier molecular flexibility index (Phi) is 5.26.